The minimum atomic E-state index is -3.77. The van der Waals surface area contributed by atoms with E-state index in [0.717, 1.165) is 4.31 Å². The normalized spacial score (nSPS) is 16.3. The van der Waals surface area contributed by atoms with Crippen LogP contribution < -0.4 is 4.31 Å². The van der Waals surface area contributed by atoms with Gasteiger partial charge in [-0.05, 0) is 30.3 Å². The smallest absolute Gasteiger partial charge is 0.264 e. The SMILES string of the molecule is CN1c2cc(Cl)ccc2C(=O)c2ccccc2S1(=O)=O. The Hall–Kier alpha value is -1.85. The summed E-state index contributed by atoms with van der Waals surface area (Å²) in [5.74, 6) is -0.319. The second-order valence-corrected chi connectivity index (χ2v) is 6.83. The van der Waals surface area contributed by atoms with Crippen LogP contribution >= 0.6 is 11.6 Å². The Kier molecular flexibility index (Phi) is 2.84. The molecule has 0 atom stereocenters. The Balaban J connectivity index is 2.43. The number of rotatable bonds is 0. The first-order valence-corrected chi connectivity index (χ1v) is 7.67. The van der Waals surface area contributed by atoms with Gasteiger partial charge in [0.05, 0.1) is 10.6 Å². The molecule has 0 N–H and O–H groups in total. The van der Waals surface area contributed by atoms with E-state index in [9.17, 15) is 13.2 Å². The van der Waals surface area contributed by atoms with Crippen LogP contribution in [0.4, 0.5) is 5.69 Å². The minimum Gasteiger partial charge on any atom is -0.288 e. The van der Waals surface area contributed by atoms with Crippen molar-refractivity contribution in [2.24, 2.45) is 0 Å². The summed E-state index contributed by atoms with van der Waals surface area (Å²) in [5, 5.41) is 0.379. The average Bonchev–Trinajstić information content (AvgIpc) is 2.50. The van der Waals surface area contributed by atoms with Crippen molar-refractivity contribution in [3.63, 3.8) is 0 Å². The van der Waals surface area contributed by atoms with Gasteiger partial charge >= 0.3 is 0 Å². The van der Waals surface area contributed by atoms with Gasteiger partial charge in [-0.3, -0.25) is 9.10 Å². The molecule has 0 amide bonds. The summed E-state index contributed by atoms with van der Waals surface area (Å²) >= 11 is 5.91. The largest absolute Gasteiger partial charge is 0.288 e. The lowest BCUT2D eigenvalue weighted by Gasteiger charge is -2.19. The highest BCUT2D eigenvalue weighted by Gasteiger charge is 2.33. The van der Waals surface area contributed by atoms with E-state index >= 15 is 0 Å². The lowest BCUT2D eigenvalue weighted by Crippen LogP contribution is -2.26. The second kappa shape index (κ2) is 4.33. The summed E-state index contributed by atoms with van der Waals surface area (Å²) < 4.78 is 26.2. The van der Waals surface area contributed by atoms with Crippen LogP contribution in [0.15, 0.2) is 47.4 Å². The molecule has 1 aliphatic rings. The highest BCUT2D eigenvalue weighted by Crippen LogP contribution is 2.35. The Morgan fingerprint density at radius 3 is 2.50 bits per heavy atom. The number of carbonyl (C=O) groups excluding carboxylic acids is 1. The molecule has 0 spiro atoms. The Labute approximate surface area is 121 Å². The third-order valence-corrected chi connectivity index (χ3v) is 5.38. The standard InChI is InChI=1S/C14H10ClNO3S/c1-16-12-8-9(15)6-7-10(12)14(17)11-4-2-3-5-13(11)20(16,18)19/h2-8H,1H3. The number of nitrogens with zero attached hydrogens (tertiary/aromatic N) is 1. The minimum absolute atomic E-state index is 0.0137. The maximum atomic E-state index is 12.6. The Morgan fingerprint density at radius 2 is 1.75 bits per heavy atom. The van der Waals surface area contributed by atoms with Crippen LogP contribution in [0.25, 0.3) is 0 Å². The van der Waals surface area contributed by atoms with Gasteiger partial charge in [-0.25, -0.2) is 8.42 Å². The first kappa shape index (κ1) is 13.1. The van der Waals surface area contributed by atoms with Gasteiger partial charge in [-0.1, -0.05) is 23.7 Å². The third-order valence-electron chi connectivity index (χ3n) is 3.31. The van der Waals surface area contributed by atoms with Crippen LogP contribution in [0.3, 0.4) is 0 Å². The van der Waals surface area contributed by atoms with Gasteiger partial charge in [0.1, 0.15) is 0 Å². The summed E-state index contributed by atoms with van der Waals surface area (Å²) in [7, 11) is -2.35. The molecule has 102 valence electrons. The van der Waals surface area contributed by atoms with Crippen molar-refractivity contribution < 1.29 is 13.2 Å². The van der Waals surface area contributed by atoms with Crippen LogP contribution in [-0.2, 0) is 10.0 Å². The number of ketones is 1. The van der Waals surface area contributed by atoms with Gasteiger partial charge < -0.3 is 0 Å². The number of hydrogen-bond donors (Lipinski definition) is 0. The maximum Gasteiger partial charge on any atom is 0.264 e. The van der Waals surface area contributed by atoms with Gasteiger partial charge in [-0.2, -0.15) is 0 Å². The van der Waals surface area contributed by atoms with Crippen LogP contribution in [0.1, 0.15) is 15.9 Å². The number of halogens is 1. The molecular weight excluding hydrogens is 298 g/mol. The van der Waals surface area contributed by atoms with Crippen molar-refractivity contribution in [1.82, 2.24) is 0 Å². The number of carbonyl (C=O) groups is 1. The molecule has 20 heavy (non-hydrogen) atoms. The number of anilines is 1. The first-order valence-electron chi connectivity index (χ1n) is 5.85. The number of hydrogen-bond acceptors (Lipinski definition) is 3. The maximum absolute atomic E-state index is 12.6. The zero-order valence-corrected chi connectivity index (χ0v) is 12.1. The van der Waals surface area contributed by atoms with Gasteiger partial charge in [0, 0.05) is 23.2 Å². The van der Waals surface area contributed by atoms with E-state index in [1.54, 1.807) is 24.3 Å². The van der Waals surface area contributed by atoms with Crippen LogP contribution in [0, 0.1) is 0 Å². The topological polar surface area (TPSA) is 54.5 Å². The molecule has 0 bridgehead atoms. The fourth-order valence-corrected chi connectivity index (χ4v) is 3.82. The molecule has 0 aromatic heterocycles. The average molecular weight is 308 g/mol. The van der Waals surface area contributed by atoms with Crippen LogP contribution in [0.5, 0.6) is 0 Å². The van der Waals surface area contributed by atoms with Gasteiger partial charge in [0.2, 0.25) is 0 Å². The quantitative estimate of drug-likeness (QED) is 0.752. The lowest BCUT2D eigenvalue weighted by atomic mass is 10.0. The summed E-state index contributed by atoms with van der Waals surface area (Å²) in [6, 6.07) is 10.8. The van der Waals surface area contributed by atoms with E-state index in [2.05, 4.69) is 0 Å². The van der Waals surface area contributed by atoms with E-state index in [0.29, 0.717) is 16.3 Å². The van der Waals surface area contributed by atoms with Crippen molar-refractivity contribution in [1.29, 1.82) is 0 Å². The molecule has 0 saturated carbocycles. The molecule has 6 heteroatoms. The highest BCUT2D eigenvalue weighted by molar-refractivity contribution is 7.93. The molecule has 2 aromatic rings. The fourth-order valence-electron chi connectivity index (χ4n) is 2.26. The fraction of sp³-hybridized carbons (Fsp3) is 0.0714. The van der Waals surface area contributed by atoms with Crippen molar-refractivity contribution in [3.05, 3.63) is 58.6 Å². The molecule has 0 fully saturated rings. The lowest BCUT2D eigenvalue weighted by molar-refractivity contribution is 0.103. The molecule has 0 aliphatic carbocycles. The monoisotopic (exact) mass is 307 g/mol. The molecule has 0 saturated heterocycles. The number of sulfonamides is 1. The Morgan fingerprint density at radius 1 is 1.05 bits per heavy atom. The van der Waals surface area contributed by atoms with E-state index in [4.69, 9.17) is 11.6 Å². The summed E-state index contributed by atoms with van der Waals surface area (Å²) in [6.07, 6.45) is 0. The summed E-state index contributed by atoms with van der Waals surface area (Å²) in [6.45, 7) is 0. The van der Waals surface area contributed by atoms with E-state index < -0.39 is 10.0 Å². The summed E-state index contributed by atoms with van der Waals surface area (Å²) in [5.41, 5.74) is 0.796. The molecule has 1 aliphatic heterocycles. The molecule has 1 heterocycles. The van der Waals surface area contributed by atoms with Gasteiger partial charge in [0.15, 0.2) is 5.78 Å². The van der Waals surface area contributed by atoms with Crippen LogP contribution in [0.2, 0.25) is 5.02 Å². The van der Waals surface area contributed by atoms with E-state index in [1.807, 2.05) is 0 Å². The first-order chi connectivity index (χ1) is 9.43. The third kappa shape index (κ3) is 1.74. The highest BCUT2D eigenvalue weighted by atomic mass is 35.5. The Bertz CT molecular complexity index is 830. The molecule has 0 radical (unpaired) electrons. The summed E-state index contributed by atoms with van der Waals surface area (Å²) in [4.78, 5) is 12.6. The van der Waals surface area contributed by atoms with Crippen LogP contribution in [-0.4, -0.2) is 21.2 Å². The number of fused-ring (bicyclic) bond motifs is 2. The zero-order valence-electron chi connectivity index (χ0n) is 10.5. The van der Waals surface area contributed by atoms with Gasteiger partial charge in [-0.15, -0.1) is 0 Å². The molecule has 2 aromatic carbocycles. The van der Waals surface area contributed by atoms with E-state index in [-0.39, 0.29) is 16.2 Å². The predicted octanol–water partition coefficient (Wildman–Crippen LogP) is 2.71. The molecule has 0 unspecified atom stereocenters. The van der Waals surface area contributed by atoms with Crippen molar-refractivity contribution in [2.45, 2.75) is 4.90 Å². The van der Waals surface area contributed by atoms with E-state index in [1.165, 1.54) is 25.2 Å². The van der Waals surface area contributed by atoms with Gasteiger partial charge in [0.25, 0.3) is 10.0 Å². The van der Waals surface area contributed by atoms with Crippen molar-refractivity contribution in [2.75, 3.05) is 11.4 Å². The predicted molar refractivity (Wildman–Crippen MR) is 76.9 cm³/mol. The van der Waals surface area contributed by atoms with Crippen molar-refractivity contribution >= 4 is 33.1 Å². The number of benzene rings is 2. The molecular formula is C14H10ClNO3S. The zero-order chi connectivity index (χ0) is 14.5. The second-order valence-electron chi connectivity index (χ2n) is 4.46. The van der Waals surface area contributed by atoms with Crippen molar-refractivity contribution in [3.8, 4) is 0 Å². The molecule has 4 nitrogen and oxygen atoms in total. The molecule has 3 rings (SSSR count).